The molecule has 0 saturated heterocycles. The summed E-state index contributed by atoms with van der Waals surface area (Å²) in [5, 5.41) is 0. The van der Waals surface area contributed by atoms with Gasteiger partial charge in [0.05, 0.1) is 5.69 Å². The molecule has 0 radical (unpaired) electrons. The fraction of sp³-hybridized carbons (Fsp3) is 0.222. The Hall–Kier alpha value is -0.380. The van der Waals surface area contributed by atoms with Gasteiger partial charge in [-0.15, -0.1) is 0 Å². The smallest absolute Gasteiger partial charge is 0.0637 e. The van der Waals surface area contributed by atoms with E-state index in [9.17, 15) is 0 Å². The zero-order valence-corrected chi connectivity index (χ0v) is 8.79. The van der Waals surface area contributed by atoms with Gasteiger partial charge in [-0.3, -0.25) is 4.98 Å². The first-order valence-corrected chi connectivity index (χ1v) is 4.53. The first kappa shape index (κ1) is 8.71. The Morgan fingerprint density at radius 1 is 1.55 bits per heavy atom. The monoisotopic (exact) mass is 259 g/mol. The fourth-order valence-corrected chi connectivity index (χ4v) is 1.09. The SMILES string of the molecule is C/C(I)=C\c1ccc(C)cn1. The summed E-state index contributed by atoms with van der Waals surface area (Å²) in [5.41, 5.74) is 2.23. The van der Waals surface area contributed by atoms with Crippen molar-refractivity contribution in [2.75, 3.05) is 0 Å². The molecular formula is C9H10IN. The summed E-state index contributed by atoms with van der Waals surface area (Å²) in [7, 11) is 0. The molecule has 1 nitrogen and oxygen atoms in total. The van der Waals surface area contributed by atoms with E-state index in [0.717, 1.165) is 5.69 Å². The highest BCUT2D eigenvalue weighted by molar-refractivity contribution is 14.1. The number of aryl methyl sites for hydroxylation is 1. The van der Waals surface area contributed by atoms with Crippen molar-refractivity contribution < 1.29 is 0 Å². The van der Waals surface area contributed by atoms with E-state index < -0.39 is 0 Å². The van der Waals surface area contributed by atoms with E-state index in [4.69, 9.17) is 0 Å². The minimum atomic E-state index is 1.03. The molecule has 1 rings (SSSR count). The van der Waals surface area contributed by atoms with Crippen LogP contribution in [0.5, 0.6) is 0 Å². The first-order chi connectivity index (χ1) is 5.18. The van der Waals surface area contributed by atoms with Crippen LogP contribution in [0, 0.1) is 6.92 Å². The fourth-order valence-electron chi connectivity index (χ4n) is 0.768. The summed E-state index contributed by atoms with van der Waals surface area (Å²) >= 11 is 2.28. The Labute approximate surface area is 80.7 Å². The Morgan fingerprint density at radius 3 is 2.73 bits per heavy atom. The van der Waals surface area contributed by atoms with E-state index in [0.29, 0.717) is 0 Å². The molecule has 0 amide bonds. The summed E-state index contributed by atoms with van der Waals surface area (Å²) in [6, 6.07) is 4.09. The molecule has 0 spiro atoms. The lowest BCUT2D eigenvalue weighted by Gasteiger charge is -1.93. The molecule has 0 aliphatic carbocycles. The molecule has 11 heavy (non-hydrogen) atoms. The molecule has 0 unspecified atom stereocenters. The predicted molar refractivity (Wildman–Crippen MR) is 56.6 cm³/mol. The molecule has 0 saturated carbocycles. The highest BCUT2D eigenvalue weighted by Gasteiger charge is 1.88. The van der Waals surface area contributed by atoms with Gasteiger partial charge in [-0.2, -0.15) is 0 Å². The van der Waals surface area contributed by atoms with E-state index in [1.165, 1.54) is 9.14 Å². The maximum Gasteiger partial charge on any atom is 0.0637 e. The summed E-state index contributed by atoms with van der Waals surface area (Å²) in [6.07, 6.45) is 3.94. The highest BCUT2D eigenvalue weighted by atomic mass is 127. The molecule has 0 fully saturated rings. The second-order valence-corrected chi connectivity index (χ2v) is 4.19. The van der Waals surface area contributed by atoms with Gasteiger partial charge in [-0.1, -0.05) is 6.07 Å². The van der Waals surface area contributed by atoms with Crippen LogP contribution in [0.1, 0.15) is 18.2 Å². The summed E-state index contributed by atoms with van der Waals surface area (Å²) in [6.45, 7) is 4.10. The van der Waals surface area contributed by atoms with Gasteiger partial charge in [0.1, 0.15) is 0 Å². The third-order valence-electron chi connectivity index (χ3n) is 1.28. The van der Waals surface area contributed by atoms with Crippen LogP contribution in [0.2, 0.25) is 0 Å². The van der Waals surface area contributed by atoms with Gasteiger partial charge in [-0.05, 0) is 57.7 Å². The van der Waals surface area contributed by atoms with Crippen LogP contribution in [-0.2, 0) is 0 Å². The Morgan fingerprint density at radius 2 is 2.27 bits per heavy atom. The third kappa shape index (κ3) is 3.01. The number of hydrogen-bond donors (Lipinski definition) is 0. The molecule has 1 aromatic heterocycles. The number of hydrogen-bond acceptors (Lipinski definition) is 1. The van der Waals surface area contributed by atoms with Crippen LogP contribution in [0.4, 0.5) is 0 Å². The van der Waals surface area contributed by atoms with Gasteiger partial charge >= 0.3 is 0 Å². The van der Waals surface area contributed by atoms with Gasteiger partial charge in [0.15, 0.2) is 0 Å². The van der Waals surface area contributed by atoms with Crippen molar-refractivity contribution in [1.82, 2.24) is 4.98 Å². The van der Waals surface area contributed by atoms with Gasteiger partial charge < -0.3 is 0 Å². The number of aromatic nitrogens is 1. The average molecular weight is 259 g/mol. The van der Waals surface area contributed by atoms with Crippen molar-refractivity contribution in [3.8, 4) is 0 Å². The number of allylic oxidation sites excluding steroid dienone is 1. The van der Waals surface area contributed by atoms with Gasteiger partial charge in [0.2, 0.25) is 0 Å². The van der Waals surface area contributed by atoms with Gasteiger partial charge in [-0.25, -0.2) is 0 Å². The topological polar surface area (TPSA) is 12.9 Å². The maximum atomic E-state index is 4.24. The van der Waals surface area contributed by atoms with Crippen LogP contribution in [0.15, 0.2) is 21.9 Å². The molecule has 2 heteroatoms. The average Bonchev–Trinajstić information content (AvgIpc) is 1.93. The van der Waals surface area contributed by atoms with Crippen LogP contribution in [0.3, 0.4) is 0 Å². The van der Waals surface area contributed by atoms with E-state index in [1.807, 2.05) is 19.2 Å². The largest absolute Gasteiger partial charge is 0.257 e. The van der Waals surface area contributed by atoms with E-state index >= 15 is 0 Å². The van der Waals surface area contributed by atoms with Crippen molar-refractivity contribution in [2.24, 2.45) is 0 Å². The molecular weight excluding hydrogens is 249 g/mol. The third-order valence-corrected chi connectivity index (χ3v) is 1.59. The second-order valence-electron chi connectivity index (χ2n) is 2.49. The van der Waals surface area contributed by atoms with Crippen molar-refractivity contribution in [2.45, 2.75) is 13.8 Å². The lowest BCUT2D eigenvalue weighted by atomic mass is 10.2. The Bertz CT molecular complexity index is 257. The Kier molecular flexibility index (Phi) is 3.05. The number of rotatable bonds is 1. The normalized spacial score (nSPS) is 11.7. The van der Waals surface area contributed by atoms with Crippen LogP contribution in [0.25, 0.3) is 6.08 Å². The van der Waals surface area contributed by atoms with Crippen LogP contribution in [-0.4, -0.2) is 4.98 Å². The number of nitrogens with zero attached hydrogens (tertiary/aromatic N) is 1. The van der Waals surface area contributed by atoms with Crippen LogP contribution < -0.4 is 0 Å². The molecule has 0 N–H and O–H groups in total. The minimum Gasteiger partial charge on any atom is -0.257 e. The number of halogens is 1. The molecule has 0 aliphatic rings. The standard InChI is InChI=1S/C9H10IN/c1-7-3-4-9(11-6-7)5-8(2)10/h3-6H,1-2H3/b8-5+. The second kappa shape index (κ2) is 3.85. The quantitative estimate of drug-likeness (QED) is 0.706. The van der Waals surface area contributed by atoms with Crippen LogP contribution >= 0.6 is 22.6 Å². The lowest BCUT2D eigenvalue weighted by Crippen LogP contribution is -1.80. The summed E-state index contributed by atoms with van der Waals surface area (Å²) in [5.74, 6) is 0. The van der Waals surface area contributed by atoms with Crippen molar-refractivity contribution in [3.63, 3.8) is 0 Å². The highest BCUT2D eigenvalue weighted by Crippen LogP contribution is 2.09. The van der Waals surface area contributed by atoms with E-state index in [2.05, 4.69) is 46.6 Å². The van der Waals surface area contributed by atoms with E-state index in [-0.39, 0.29) is 0 Å². The van der Waals surface area contributed by atoms with Gasteiger partial charge in [0.25, 0.3) is 0 Å². The first-order valence-electron chi connectivity index (χ1n) is 3.45. The molecule has 1 aromatic rings. The number of pyridine rings is 1. The maximum absolute atomic E-state index is 4.24. The van der Waals surface area contributed by atoms with Crippen molar-refractivity contribution >= 4 is 28.7 Å². The molecule has 1 heterocycles. The van der Waals surface area contributed by atoms with Crippen molar-refractivity contribution in [1.29, 1.82) is 0 Å². The van der Waals surface area contributed by atoms with Crippen molar-refractivity contribution in [3.05, 3.63) is 33.2 Å². The molecule has 0 aromatic carbocycles. The molecule has 0 atom stereocenters. The zero-order valence-electron chi connectivity index (χ0n) is 6.63. The molecule has 0 bridgehead atoms. The molecule has 0 aliphatic heterocycles. The Balaban J connectivity index is 2.91. The molecule has 58 valence electrons. The zero-order chi connectivity index (χ0) is 8.27. The van der Waals surface area contributed by atoms with Gasteiger partial charge in [0, 0.05) is 6.20 Å². The summed E-state index contributed by atoms with van der Waals surface area (Å²) < 4.78 is 1.25. The lowest BCUT2D eigenvalue weighted by molar-refractivity contribution is 1.24. The summed E-state index contributed by atoms with van der Waals surface area (Å²) in [4.78, 5) is 4.24. The predicted octanol–water partition coefficient (Wildman–Crippen LogP) is 3.19. The minimum absolute atomic E-state index is 1.03. The van der Waals surface area contributed by atoms with E-state index in [1.54, 1.807) is 0 Å².